The van der Waals surface area contributed by atoms with Gasteiger partial charge >= 0.3 is 0 Å². The smallest absolute Gasteiger partial charge is 0.166 e. The zero-order valence-electron chi connectivity index (χ0n) is 18.1. The molecule has 3 aromatic rings. The SMILES string of the molecule is OCC1C(O)CC(NCc2ccc(F)c(F)c2)C1Cc1ccnc(COc2ccccc2)n1. The van der Waals surface area contributed by atoms with Gasteiger partial charge in [-0.25, -0.2) is 18.7 Å². The van der Waals surface area contributed by atoms with Crippen LogP contribution >= 0.6 is 0 Å². The number of aliphatic hydroxyl groups is 2. The van der Waals surface area contributed by atoms with Crippen molar-refractivity contribution in [3.63, 3.8) is 0 Å². The summed E-state index contributed by atoms with van der Waals surface area (Å²) in [7, 11) is 0. The molecule has 1 aliphatic carbocycles. The molecule has 1 fully saturated rings. The van der Waals surface area contributed by atoms with E-state index in [0.717, 1.165) is 23.6 Å². The number of aromatic nitrogens is 2. The zero-order valence-corrected chi connectivity index (χ0v) is 18.1. The van der Waals surface area contributed by atoms with Crippen molar-refractivity contribution < 1.29 is 23.7 Å². The van der Waals surface area contributed by atoms with Gasteiger partial charge in [0.15, 0.2) is 17.5 Å². The molecule has 1 aromatic heterocycles. The summed E-state index contributed by atoms with van der Waals surface area (Å²) < 4.78 is 32.5. The van der Waals surface area contributed by atoms with Gasteiger partial charge in [0.2, 0.25) is 0 Å². The second-order valence-electron chi connectivity index (χ2n) is 8.32. The van der Waals surface area contributed by atoms with Crippen LogP contribution in [0.3, 0.4) is 0 Å². The van der Waals surface area contributed by atoms with Crippen LogP contribution in [0, 0.1) is 23.5 Å². The lowest BCUT2D eigenvalue weighted by molar-refractivity contribution is 0.0715. The zero-order chi connectivity index (χ0) is 23.2. The normalized spacial score (nSPS) is 22.4. The highest BCUT2D eigenvalue weighted by Gasteiger charge is 2.42. The van der Waals surface area contributed by atoms with E-state index in [2.05, 4.69) is 15.3 Å². The van der Waals surface area contributed by atoms with E-state index >= 15 is 0 Å². The molecule has 4 atom stereocenters. The Labute approximate surface area is 191 Å². The van der Waals surface area contributed by atoms with Gasteiger partial charge in [-0.15, -0.1) is 0 Å². The first-order chi connectivity index (χ1) is 16.0. The Kier molecular flexibility index (Phi) is 7.59. The van der Waals surface area contributed by atoms with Crippen molar-refractivity contribution in [1.82, 2.24) is 15.3 Å². The van der Waals surface area contributed by atoms with Crippen LogP contribution in [-0.4, -0.2) is 38.9 Å². The molecule has 0 bridgehead atoms. The third kappa shape index (κ3) is 5.90. The standard InChI is InChI=1S/C25H27F2N3O3/c26-21-7-6-16(10-22(21)27)13-29-23-12-24(32)20(14-31)19(23)11-17-8-9-28-25(30-17)15-33-18-4-2-1-3-5-18/h1-10,19-20,23-24,29,31-32H,11-15H2. The van der Waals surface area contributed by atoms with E-state index in [4.69, 9.17) is 4.74 Å². The van der Waals surface area contributed by atoms with Crippen LogP contribution in [-0.2, 0) is 19.6 Å². The van der Waals surface area contributed by atoms with Gasteiger partial charge in [0.05, 0.1) is 6.10 Å². The van der Waals surface area contributed by atoms with E-state index in [-0.39, 0.29) is 31.1 Å². The van der Waals surface area contributed by atoms with Crippen molar-refractivity contribution in [3.05, 3.63) is 89.5 Å². The summed E-state index contributed by atoms with van der Waals surface area (Å²) in [6.07, 6.45) is 1.99. The number of rotatable bonds is 9. The number of benzene rings is 2. The third-order valence-corrected chi connectivity index (χ3v) is 6.14. The Hall–Kier alpha value is -2.94. The Morgan fingerprint density at radius 3 is 2.61 bits per heavy atom. The van der Waals surface area contributed by atoms with Gasteiger partial charge in [-0.3, -0.25) is 0 Å². The molecule has 4 rings (SSSR count). The monoisotopic (exact) mass is 455 g/mol. The number of aliphatic hydroxyl groups excluding tert-OH is 2. The van der Waals surface area contributed by atoms with Crippen LogP contribution in [0.25, 0.3) is 0 Å². The fourth-order valence-electron chi connectivity index (χ4n) is 4.41. The molecule has 6 nitrogen and oxygen atoms in total. The molecule has 0 amide bonds. The molecule has 0 saturated heterocycles. The van der Waals surface area contributed by atoms with Crippen LogP contribution in [0.5, 0.6) is 5.75 Å². The predicted octanol–water partition coefficient (Wildman–Crippen LogP) is 3.02. The van der Waals surface area contributed by atoms with Crippen LogP contribution < -0.4 is 10.1 Å². The summed E-state index contributed by atoms with van der Waals surface area (Å²) in [5.74, 6) is -0.908. The van der Waals surface area contributed by atoms with Crippen molar-refractivity contribution in [2.75, 3.05) is 6.61 Å². The maximum Gasteiger partial charge on any atom is 0.166 e. The summed E-state index contributed by atoms with van der Waals surface area (Å²) in [6.45, 7) is 0.403. The Morgan fingerprint density at radius 2 is 1.85 bits per heavy atom. The van der Waals surface area contributed by atoms with Gasteiger partial charge in [0, 0.05) is 37.0 Å². The molecule has 0 spiro atoms. The molecule has 1 saturated carbocycles. The van der Waals surface area contributed by atoms with Crippen molar-refractivity contribution in [1.29, 1.82) is 0 Å². The van der Waals surface area contributed by atoms with Gasteiger partial charge in [0.25, 0.3) is 0 Å². The molecule has 4 unspecified atom stereocenters. The third-order valence-electron chi connectivity index (χ3n) is 6.14. The minimum Gasteiger partial charge on any atom is -0.486 e. The molecule has 0 aliphatic heterocycles. The first-order valence-corrected chi connectivity index (χ1v) is 11.0. The number of nitrogens with zero attached hydrogens (tertiary/aromatic N) is 2. The Morgan fingerprint density at radius 1 is 1.03 bits per heavy atom. The number of hydrogen-bond donors (Lipinski definition) is 3. The molecule has 2 aromatic carbocycles. The van der Waals surface area contributed by atoms with Crippen LogP contribution in [0.15, 0.2) is 60.8 Å². The maximum atomic E-state index is 13.5. The summed E-state index contributed by atoms with van der Waals surface area (Å²) in [6, 6.07) is 14.9. The minimum absolute atomic E-state index is 0.0897. The summed E-state index contributed by atoms with van der Waals surface area (Å²) in [5, 5.41) is 23.7. The fourth-order valence-corrected chi connectivity index (χ4v) is 4.41. The highest BCUT2D eigenvalue weighted by Crippen LogP contribution is 2.35. The lowest BCUT2D eigenvalue weighted by Gasteiger charge is -2.25. The molecular weight excluding hydrogens is 428 g/mol. The average molecular weight is 456 g/mol. The Bertz CT molecular complexity index is 1050. The van der Waals surface area contributed by atoms with Crippen molar-refractivity contribution in [2.24, 2.45) is 11.8 Å². The lowest BCUT2D eigenvalue weighted by atomic mass is 9.88. The van der Waals surface area contributed by atoms with E-state index in [9.17, 15) is 19.0 Å². The van der Waals surface area contributed by atoms with E-state index < -0.39 is 17.7 Å². The van der Waals surface area contributed by atoms with Gasteiger partial charge in [-0.1, -0.05) is 24.3 Å². The number of halogens is 2. The first-order valence-electron chi connectivity index (χ1n) is 11.0. The molecule has 3 N–H and O–H groups in total. The second kappa shape index (κ2) is 10.8. The highest BCUT2D eigenvalue weighted by molar-refractivity contribution is 5.21. The maximum absolute atomic E-state index is 13.5. The topological polar surface area (TPSA) is 87.5 Å². The van der Waals surface area contributed by atoms with Crippen LogP contribution in [0.1, 0.15) is 23.5 Å². The van der Waals surface area contributed by atoms with Crippen LogP contribution in [0.2, 0.25) is 0 Å². The number of hydrogen-bond acceptors (Lipinski definition) is 6. The van der Waals surface area contributed by atoms with Gasteiger partial charge in [0.1, 0.15) is 12.4 Å². The number of para-hydroxylation sites is 1. The largest absolute Gasteiger partial charge is 0.486 e. The van der Waals surface area contributed by atoms with E-state index in [0.29, 0.717) is 30.8 Å². The van der Waals surface area contributed by atoms with Crippen LogP contribution in [0.4, 0.5) is 8.78 Å². The van der Waals surface area contributed by atoms with Crippen molar-refractivity contribution in [3.8, 4) is 5.75 Å². The molecule has 33 heavy (non-hydrogen) atoms. The number of ether oxygens (including phenoxy) is 1. The lowest BCUT2D eigenvalue weighted by Crippen LogP contribution is -2.36. The first kappa shape index (κ1) is 23.2. The van der Waals surface area contributed by atoms with Crippen molar-refractivity contribution in [2.45, 2.75) is 38.1 Å². The molecule has 174 valence electrons. The quantitative estimate of drug-likeness (QED) is 0.460. The molecular formula is C25H27F2N3O3. The highest BCUT2D eigenvalue weighted by atomic mass is 19.2. The molecule has 1 aliphatic rings. The van der Waals surface area contributed by atoms with E-state index in [1.165, 1.54) is 6.07 Å². The summed E-state index contributed by atoms with van der Waals surface area (Å²) >= 11 is 0. The van der Waals surface area contributed by atoms with Gasteiger partial charge in [-0.05, 0) is 54.7 Å². The van der Waals surface area contributed by atoms with E-state index in [1.54, 1.807) is 6.20 Å². The minimum atomic E-state index is -0.892. The van der Waals surface area contributed by atoms with E-state index in [1.807, 2.05) is 36.4 Å². The molecule has 8 heteroatoms. The average Bonchev–Trinajstić information content (AvgIpc) is 3.13. The summed E-state index contributed by atoms with van der Waals surface area (Å²) in [5.41, 5.74) is 1.39. The molecule has 0 radical (unpaired) electrons. The fraction of sp³-hybridized carbons (Fsp3) is 0.360. The number of nitrogens with one attached hydrogen (secondary N) is 1. The summed E-state index contributed by atoms with van der Waals surface area (Å²) in [4.78, 5) is 8.88. The van der Waals surface area contributed by atoms with Crippen molar-refractivity contribution >= 4 is 0 Å². The Balaban J connectivity index is 1.42. The van der Waals surface area contributed by atoms with Gasteiger partial charge < -0.3 is 20.3 Å². The molecule has 1 heterocycles. The second-order valence-corrected chi connectivity index (χ2v) is 8.32. The predicted molar refractivity (Wildman–Crippen MR) is 118 cm³/mol. The van der Waals surface area contributed by atoms with Gasteiger partial charge in [-0.2, -0.15) is 0 Å².